The van der Waals surface area contributed by atoms with Crippen LogP contribution in [0.5, 0.6) is 5.75 Å². The van der Waals surface area contributed by atoms with Crippen LogP contribution >= 0.6 is 11.3 Å². The Morgan fingerprint density at radius 3 is 2.95 bits per heavy atom. The molecule has 2 heterocycles. The fraction of sp³-hybridized carbons (Fsp3) is 0.133. The van der Waals surface area contributed by atoms with E-state index in [0.29, 0.717) is 21.9 Å². The number of carbonyl (C=O) groups is 1. The van der Waals surface area contributed by atoms with Gasteiger partial charge in [-0.3, -0.25) is 15.5 Å². The number of thiazole rings is 1. The molecule has 3 rings (SSSR count). The van der Waals surface area contributed by atoms with Crippen molar-refractivity contribution in [2.75, 3.05) is 12.4 Å². The van der Waals surface area contributed by atoms with Crippen molar-refractivity contribution in [2.24, 2.45) is 0 Å². The summed E-state index contributed by atoms with van der Waals surface area (Å²) in [7, 11) is 1.53. The molecule has 22 heavy (non-hydrogen) atoms. The van der Waals surface area contributed by atoms with E-state index < -0.39 is 5.91 Å². The lowest BCUT2D eigenvalue weighted by atomic mass is 10.1. The van der Waals surface area contributed by atoms with Crippen LogP contribution in [0.4, 0.5) is 5.13 Å². The average Bonchev–Trinajstić information content (AvgIpc) is 2.91. The molecule has 3 aromatic rings. The molecule has 0 radical (unpaired) electrons. The molecule has 0 aliphatic carbocycles. The number of anilines is 1. The van der Waals surface area contributed by atoms with Gasteiger partial charge < -0.3 is 9.15 Å². The van der Waals surface area contributed by atoms with Gasteiger partial charge in [0.2, 0.25) is 5.55 Å². The summed E-state index contributed by atoms with van der Waals surface area (Å²) in [5.41, 5.74) is 1.20. The number of nitrogens with zero attached hydrogens (tertiary/aromatic N) is 1. The predicted molar refractivity (Wildman–Crippen MR) is 83.4 cm³/mol. The SMILES string of the molecule is COc1cccc2cc(C(=O)Nc3nc(C)cs3)c(=N)oc12. The van der Waals surface area contributed by atoms with Crippen molar-refractivity contribution in [3.05, 3.63) is 46.5 Å². The minimum atomic E-state index is -0.423. The number of nitrogens with one attached hydrogen (secondary N) is 2. The van der Waals surface area contributed by atoms with E-state index in [2.05, 4.69) is 10.3 Å². The molecule has 7 heteroatoms. The van der Waals surface area contributed by atoms with Crippen LogP contribution in [-0.2, 0) is 0 Å². The van der Waals surface area contributed by atoms with Crippen LogP contribution in [0.1, 0.15) is 16.1 Å². The molecule has 0 aliphatic heterocycles. The van der Waals surface area contributed by atoms with Gasteiger partial charge in [0, 0.05) is 10.8 Å². The number of amides is 1. The zero-order chi connectivity index (χ0) is 15.7. The number of fused-ring (bicyclic) bond motifs is 1. The van der Waals surface area contributed by atoms with Crippen molar-refractivity contribution in [1.29, 1.82) is 5.41 Å². The lowest BCUT2D eigenvalue weighted by Crippen LogP contribution is -2.20. The summed E-state index contributed by atoms with van der Waals surface area (Å²) in [5.74, 6) is 0.0985. The molecule has 0 unspecified atom stereocenters. The van der Waals surface area contributed by atoms with Crippen molar-refractivity contribution >= 4 is 33.3 Å². The smallest absolute Gasteiger partial charge is 0.262 e. The number of rotatable bonds is 3. The Labute approximate surface area is 129 Å². The number of aromatic nitrogens is 1. The van der Waals surface area contributed by atoms with Crippen LogP contribution < -0.4 is 15.6 Å². The Kier molecular flexibility index (Phi) is 3.64. The Morgan fingerprint density at radius 1 is 1.45 bits per heavy atom. The predicted octanol–water partition coefficient (Wildman–Crippen LogP) is 2.94. The fourth-order valence-electron chi connectivity index (χ4n) is 2.04. The van der Waals surface area contributed by atoms with Crippen LogP contribution in [0.3, 0.4) is 0 Å². The highest BCUT2D eigenvalue weighted by molar-refractivity contribution is 7.13. The number of benzene rings is 1. The van der Waals surface area contributed by atoms with Gasteiger partial charge in [0.1, 0.15) is 5.56 Å². The lowest BCUT2D eigenvalue weighted by molar-refractivity contribution is 0.102. The third-order valence-electron chi connectivity index (χ3n) is 3.06. The first-order valence-corrected chi connectivity index (χ1v) is 7.35. The van der Waals surface area contributed by atoms with Crippen LogP contribution in [0, 0.1) is 12.3 Å². The normalized spacial score (nSPS) is 10.6. The number of carbonyl (C=O) groups excluding carboxylic acids is 1. The van der Waals surface area contributed by atoms with Crippen molar-refractivity contribution in [3.63, 3.8) is 0 Å². The number of hydrogen-bond donors (Lipinski definition) is 2. The molecular weight excluding hydrogens is 302 g/mol. The minimum absolute atomic E-state index is 0.147. The van der Waals surface area contributed by atoms with Gasteiger partial charge >= 0.3 is 0 Å². The molecule has 0 bridgehead atoms. The molecule has 0 fully saturated rings. The topological polar surface area (TPSA) is 88.2 Å². The van der Waals surface area contributed by atoms with E-state index >= 15 is 0 Å². The first-order chi connectivity index (χ1) is 10.6. The summed E-state index contributed by atoms with van der Waals surface area (Å²) in [6.07, 6.45) is 0. The molecule has 1 amide bonds. The largest absolute Gasteiger partial charge is 0.493 e. The maximum absolute atomic E-state index is 12.3. The monoisotopic (exact) mass is 315 g/mol. The number of ether oxygens (including phenoxy) is 1. The van der Waals surface area contributed by atoms with Gasteiger partial charge in [0.05, 0.1) is 12.8 Å². The highest BCUT2D eigenvalue weighted by atomic mass is 32.1. The average molecular weight is 315 g/mol. The van der Waals surface area contributed by atoms with Crippen LogP contribution in [0.2, 0.25) is 0 Å². The van der Waals surface area contributed by atoms with Crippen LogP contribution in [0.25, 0.3) is 11.0 Å². The van der Waals surface area contributed by atoms with Crippen molar-refractivity contribution in [1.82, 2.24) is 4.98 Å². The lowest BCUT2D eigenvalue weighted by Gasteiger charge is -2.06. The first kappa shape index (κ1) is 14.3. The Morgan fingerprint density at radius 2 is 2.27 bits per heavy atom. The summed E-state index contributed by atoms with van der Waals surface area (Å²) < 4.78 is 10.6. The molecule has 1 aromatic carbocycles. The van der Waals surface area contributed by atoms with Crippen LogP contribution in [0.15, 0.2) is 34.1 Å². The summed E-state index contributed by atoms with van der Waals surface area (Å²) in [4.78, 5) is 16.5. The second kappa shape index (κ2) is 5.61. The second-order valence-electron chi connectivity index (χ2n) is 4.62. The zero-order valence-corrected chi connectivity index (χ0v) is 12.8. The molecule has 0 saturated carbocycles. The Balaban J connectivity index is 2.02. The molecule has 6 nitrogen and oxygen atoms in total. The van der Waals surface area contributed by atoms with Crippen molar-refractivity contribution in [2.45, 2.75) is 6.92 Å². The van der Waals surface area contributed by atoms with E-state index in [4.69, 9.17) is 14.6 Å². The molecule has 0 aliphatic rings. The first-order valence-electron chi connectivity index (χ1n) is 6.47. The second-order valence-corrected chi connectivity index (χ2v) is 5.47. The van der Waals surface area contributed by atoms with Crippen LogP contribution in [-0.4, -0.2) is 18.0 Å². The molecule has 0 saturated heterocycles. The van der Waals surface area contributed by atoms with Crippen molar-refractivity contribution in [3.8, 4) is 5.75 Å². The van der Waals surface area contributed by atoms with Gasteiger partial charge in [-0.15, -0.1) is 11.3 Å². The van der Waals surface area contributed by atoms with Gasteiger partial charge in [0.15, 0.2) is 16.5 Å². The number of para-hydroxylation sites is 1. The summed E-state index contributed by atoms with van der Waals surface area (Å²) in [6, 6.07) is 6.94. The Hall–Kier alpha value is -2.67. The quantitative estimate of drug-likeness (QED) is 0.778. The van der Waals surface area contributed by atoms with Gasteiger partial charge in [0.25, 0.3) is 5.91 Å². The van der Waals surface area contributed by atoms with E-state index in [0.717, 1.165) is 5.69 Å². The highest BCUT2D eigenvalue weighted by Crippen LogP contribution is 2.24. The standard InChI is InChI=1S/C15H13N3O3S/c1-8-7-22-15(17-8)18-14(19)10-6-9-4-3-5-11(20-2)12(9)21-13(10)16/h3-7,16H,1-2H3,(H,17,18,19). The van der Waals surface area contributed by atoms with E-state index in [1.807, 2.05) is 12.3 Å². The summed E-state index contributed by atoms with van der Waals surface area (Å²) in [5, 5.41) is 13.6. The van der Waals surface area contributed by atoms with E-state index in [1.54, 1.807) is 24.3 Å². The maximum atomic E-state index is 12.3. The van der Waals surface area contributed by atoms with E-state index in [9.17, 15) is 4.79 Å². The van der Waals surface area contributed by atoms with Gasteiger partial charge in [-0.25, -0.2) is 4.98 Å². The third-order valence-corrected chi connectivity index (χ3v) is 3.94. The number of aryl methyl sites for hydroxylation is 1. The maximum Gasteiger partial charge on any atom is 0.262 e. The Bertz CT molecular complexity index is 914. The zero-order valence-electron chi connectivity index (χ0n) is 12.0. The van der Waals surface area contributed by atoms with Gasteiger partial charge in [-0.1, -0.05) is 12.1 Å². The summed E-state index contributed by atoms with van der Waals surface area (Å²) >= 11 is 1.33. The van der Waals surface area contributed by atoms with Crippen molar-refractivity contribution < 1.29 is 13.9 Å². The highest BCUT2D eigenvalue weighted by Gasteiger charge is 2.14. The molecule has 0 atom stereocenters. The summed E-state index contributed by atoms with van der Waals surface area (Å²) in [6.45, 7) is 1.85. The fourth-order valence-corrected chi connectivity index (χ4v) is 2.72. The van der Waals surface area contributed by atoms with Gasteiger partial charge in [-0.2, -0.15) is 0 Å². The molecule has 2 N–H and O–H groups in total. The van der Waals surface area contributed by atoms with Gasteiger partial charge in [-0.05, 0) is 19.1 Å². The third kappa shape index (κ3) is 2.58. The number of methoxy groups -OCH3 is 1. The molecular formula is C15H13N3O3S. The minimum Gasteiger partial charge on any atom is -0.493 e. The number of hydrogen-bond acceptors (Lipinski definition) is 6. The molecule has 0 spiro atoms. The molecule has 2 aromatic heterocycles. The van der Waals surface area contributed by atoms with E-state index in [1.165, 1.54) is 18.4 Å². The molecule has 112 valence electrons. The van der Waals surface area contributed by atoms with E-state index in [-0.39, 0.29) is 11.1 Å².